The zero-order chi connectivity index (χ0) is 20.4. The van der Waals surface area contributed by atoms with E-state index in [2.05, 4.69) is 29.8 Å². The van der Waals surface area contributed by atoms with E-state index in [1.807, 2.05) is 36.4 Å². The Morgan fingerprint density at radius 2 is 1.39 bits per heavy atom. The Hall–Kier alpha value is -3.02. The second-order valence-corrected chi connectivity index (χ2v) is 6.94. The summed E-state index contributed by atoms with van der Waals surface area (Å²) in [6.45, 7) is 6.96. The van der Waals surface area contributed by atoms with Gasteiger partial charge in [-0.05, 0) is 60.9 Å². The van der Waals surface area contributed by atoms with E-state index >= 15 is 0 Å². The van der Waals surface area contributed by atoms with Crippen LogP contribution in [-0.4, -0.2) is 25.0 Å². The predicted octanol–water partition coefficient (Wildman–Crippen LogP) is 4.51. The minimum absolute atomic E-state index is 0.0311. The Morgan fingerprint density at radius 1 is 0.857 bits per heavy atom. The van der Waals surface area contributed by atoms with E-state index in [-0.39, 0.29) is 18.4 Å². The van der Waals surface area contributed by atoms with Gasteiger partial charge in [0.2, 0.25) is 11.8 Å². The molecule has 0 unspecified atom stereocenters. The third-order valence-corrected chi connectivity index (χ3v) is 4.04. The number of nitrogens with one attached hydrogen (secondary N) is 3. The molecule has 0 aromatic heterocycles. The molecule has 28 heavy (non-hydrogen) atoms. The number of benzene rings is 2. The molecule has 0 heterocycles. The van der Waals surface area contributed by atoms with Gasteiger partial charge in [-0.2, -0.15) is 0 Å². The van der Waals surface area contributed by atoms with E-state index in [1.54, 1.807) is 19.1 Å². The number of amides is 2. The molecule has 0 aliphatic rings. The summed E-state index contributed by atoms with van der Waals surface area (Å²) in [4.78, 5) is 23.5. The van der Waals surface area contributed by atoms with Crippen molar-refractivity contribution in [1.82, 2.24) is 0 Å². The number of hydrogen-bond donors (Lipinski definition) is 3. The topological polar surface area (TPSA) is 79.5 Å². The summed E-state index contributed by atoms with van der Waals surface area (Å²) in [7, 11) is 0. The van der Waals surface area contributed by atoms with Crippen molar-refractivity contribution in [2.75, 3.05) is 29.1 Å². The van der Waals surface area contributed by atoms with E-state index in [0.29, 0.717) is 18.9 Å². The summed E-state index contributed by atoms with van der Waals surface area (Å²) in [6, 6.07) is 14.6. The fourth-order valence-corrected chi connectivity index (χ4v) is 2.36. The molecule has 2 aromatic carbocycles. The average molecular weight is 383 g/mol. The molecule has 2 amide bonds. The van der Waals surface area contributed by atoms with Crippen LogP contribution in [0.25, 0.3) is 0 Å². The molecule has 2 rings (SSSR count). The lowest BCUT2D eigenvalue weighted by Gasteiger charge is -2.10. The van der Waals surface area contributed by atoms with Gasteiger partial charge in [0.1, 0.15) is 5.75 Å². The zero-order valence-electron chi connectivity index (χ0n) is 16.7. The average Bonchev–Trinajstić information content (AvgIpc) is 2.68. The smallest absolute Gasteiger partial charge is 0.243 e. The molecule has 6 heteroatoms. The summed E-state index contributed by atoms with van der Waals surface area (Å²) >= 11 is 0. The maximum atomic E-state index is 12.1. The van der Waals surface area contributed by atoms with E-state index in [0.717, 1.165) is 29.2 Å². The molecule has 0 aliphatic carbocycles. The first-order valence-electron chi connectivity index (χ1n) is 9.62. The Labute approximate surface area is 166 Å². The maximum absolute atomic E-state index is 12.1. The van der Waals surface area contributed by atoms with Gasteiger partial charge < -0.3 is 20.7 Å². The Bertz CT molecular complexity index is 756. The van der Waals surface area contributed by atoms with Crippen LogP contribution in [0.5, 0.6) is 5.75 Å². The number of carbonyl (C=O) groups is 2. The Morgan fingerprint density at radius 3 is 1.96 bits per heavy atom. The minimum atomic E-state index is -0.142. The van der Waals surface area contributed by atoms with Crippen LogP contribution in [0.1, 0.15) is 33.6 Å². The molecular weight excluding hydrogens is 354 g/mol. The SMILES string of the molecule is CCC(=O)Nc1ccc(NCC(=O)Nc2ccc(OCCC(C)C)cc2)cc1. The van der Waals surface area contributed by atoms with Gasteiger partial charge in [-0.25, -0.2) is 0 Å². The summed E-state index contributed by atoms with van der Waals surface area (Å²) in [5.74, 6) is 1.23. The zero-order valence-corrected chi connectivity index (χ0v) is 16.7. The van der Waals surface area contributed by atoms with Crippen molar-refractivity contribution >= 4 is 28.9 Å². The van der Waals surface area contributed by atoms with Crippen molar-refractivity contribution < 1.29 is 14.3 Å². The van der Waals surface area contributed by atoms with Gasteiger partial charge in [0.05, 0.1) is 13.2 Å². The Kier molecular flexibility index (Phi) is 8.34. The van der Waals surface area contributed by atoms with Crippen molar-refractivity contribution in [3.05, 3.63) is 48.5 Å². The van der Waals surface area contributed by atoms with E-state index in [9.17, 15) is 9.59 Å². The summed E-state index contributed by atoms with van der Waals surface area (Å²) in [5.41, 5.74) is 2.26. The molecule has 3 N–H and O–H groups in total. The highest BCUT2D eigenvalue weighted by molar-refractivity contribution is 5.94. The monoisotopic (exact) mass is 383 g/mol. The predicted molar refractivity (Wildman–Crippen MR) is 114 cm³/mol. The van der Waals surface area contributed by atoms with Crippen LogP contribution >= 0.6 is 0 Å². The quantitative estimate of drug-likeness (QED) is 0.564. The van der Waals surface area contributed by atoms with Crippen molar-refractivity contribution in [3.8, 4) is 5.75 Å². The largest absolute Gasteiger partial charge is 0.494 e. The van der Waals surface area contributed by atoms with Crippen molar-refractivity contribution in [2.45, 2.75) is 33.6 Å². The van der Waals surface area contributed by atoms with Gasteiger partial charge in [-0.15, -0.1) is 0 Å². The number of anilines is 3. The van der Waals surface area contributed by atoms with Crippen LogP contribution < -0.4 is 20.7 Å². The number of hydrogen-bond acceptors (Lipinski definition) is 4. The first kappa shape index (κ1) is 21.3. The standard InChI is InChI=1S/C22H29N3O3/c1-4-21(26)24-18-7-5-17(6-8-18)23-15-22(27)25-19-9-11-20(12-10-19)28-14-13-16(2)3/h5-12,16,23H,4,13-15H2,1-3H3,(H,24,26)(H,25,27). The van der Waals surface area contributed by atoms with E-state index in [4.69, 9.17) is 4.74 Å². The van der Waals surface area contributed by atoms with Crippen LogP contribution in [0.15, 0.2) is 48.5 Å². The lowest BCUT2D eigenvalue weighted by atomic mass is 10.1. The number of ether oxygens (including phenoxy) is 1. The summed E-state index contributed by atoms with van der Waals surface area (Å²) < 4.78 is 5.67. The molecule has 0 atom stereocenters. The summed E-state index contributed by atoms with van der Waals surface area (Å²) in [5, 5.41) is 8.69. The van der Waals surface area contributed by atoms with Crippen LogP contribution in [0.3, 0.4) is 0 Å². The minimum Gasteiger partial charge on any atom is -0.494 e. The number of rotatable bonds is 10. The highest BCUT2D eigenvalue weighted by Gasteiger charge is 2.04. The maximum Gasteiger partial charge on any atom is 0.243 e. The molecule has 0 spiro atoms. The van der Waals surface area contributed by atoms with Crippen molar-refractivity contribution in [2.24, 2.45) is 5.92 Å². The molecular formula is C22H29N3O3. The number of carbonyl (C=O) groups excluding carboxylic acids is 2. The van der Waals surface area contributed by atoms with E-state index < -0.39 is 0 Å². The van der Waals surface area contributed by atoms with Gasteiger partial charge in [-0.1, -0.05) is 20.8 Å². The molecule has 2 aromatic rings. The normalized spacial score (nSPS) is 10.4. The first-order chi connectivity index (χ1) is 13.5. The van der Waals surface area contributed by atoms with Gasteiger partial charge >= 0.3 is 0 Å². The lowest BCUT2D eigenvalue weighted by Crippen LogP contribution is -2.21. The second kappa shape index (κ2) is 11.0. The lowest BCUT2D eigenvalue weighted by molar-refractivity contribution is -0.116. The molecule has 0 aliphatic heterocycles. The van der Waals surface area contributed by atoms with Crippen LogP contribution in [0.4, 0.5) is 17.1 Å². The fourth-order valence-electron chi connectivity index (χ4n) is 2.36. The fraction of sp³-hybridized carbons (Fsp3) is 0.364. The van der Waals surface area contributed by atoms with Gasteiger partial charge in [0, 0.05) is 23.5 Å². The summed E-state index contributed by atoms with van der Waals surface area (Å²) in [6.07, 6.45) is 1.45. The molecule has 0 radical (unpaired) electrons. The first-order valence-corrected chi connectivity index (χ1v) is 9.62. The van der Waals surface area contributed by atoms with Gasteiger partial charge in [0.15, 0.2) is 0 Å². The van der Waals surface area contributed by atoms with Crippen LogP contribution in [0.2, 0.25) is 0 Å². The molecule has 6 nitrogen and oxygen atoms in total. The van der Waals surface area contributed by atoms with Crippen molar-refractivity contribution in [3.63, 3.8) is 0 Å². The highest BCUT2D eigenvalue weighted by Crippen LogP contribution is 2.17. The third-order valence-electron chi connectivity index (χ3n) is 4.04. The van der Waals surface area contributed by atoms with Crippen LogP contribution in [-0.2, 0) is 9.59 Å². The van der Waals surface area contributed by atoms with Gasteiger partial charge in [0.25, 0.3) is 0 Å². The van der Waals surface area contributed by atoms with E-state index in [1.165, 1.54) is 0 Å². The second-order valence-electron chi connectivity index (χ2n) is 6.94. The van der Waals surface area contributed by atoms with Gasteiger partial charge in [-0.3, -0.25) is 9.59 Å². The molecule has 0 saturated carbocycles. The molecule has 0 bridgehead atoms. The molecule has 150 valence electrons. The third kappa shape index (κ3) is 7.70. The molecule has 0 saturated heterocycles. The molecule has 0 fully saturated rings. The van der Waals surface area contributed by atoms with Crippen molar-refractivity contribution in [1.29, 1.82) is 0 Å². The van der Waals surface area contributed by atoms with Crippen LogP contribution in [0, 0.1) is 5.92 Å². The Balaban J connectivity index is 1.75. The highest BCUT2D eigenvalue weighted by atomic mass is 16.5.